The number of amides is 2. The molecule has 2 aromatic rings. The summed E-state index contributed by atoms with van der Waals surface area (Å²) in [6.07, 6.45) is 2.98. The van der Waals surface area contributed by atoms with Gasteiger partial charge in [-0.2, -0.15) is 0 Å². The predicted octanol–water partition coefficient (Wildman–Crippen LogP) is 3.66. The number of hydrogen-bond donors (Lipinski definition) is 1. The van der Waals surface area contributed by atoms with Crippen molar-refractivity contribution in [1.29, 1.82) is 0 Å². The molecule has 1 aliphatic heterocycles. The van der Waals surface area contributed by atoms with Gasteiger partial charge in [0.15, 0.2) is 0 Å². The molecule has 1 atom stereocenters. The van der Waals surface area contributed by atoms with Gasteiger partial charge in [0, 0.05) is 18.0 Å². The van der Waals surface area contributed by atoms with Gasteiger partial charge < -0.3 is 15.0 Å². The molecule has 1 fully saturated rings. The van der Waals surface area contributed by atoms with Gasteiger partial charge in [-0.15, -0.1) is 22.7 Å². The Morgan fingerprint density at radius 1 is 1.31 bits per heavy atom. The maximum Gasteiger partial charge on any atom is 0.266 e. The van der Waals surface area contributed by atoms with Crippen molar-refractivity contribution < 1.29 is 14.3 Å². The molecular weight excluding hydrogens is 368 g/mol. The maximum atomic E-state index is 13.2. The molecule has 2 aromatic heterocycles. The molecule has 26 heavy (non-hydrogen) atoms. The number of nitrogens with one attached hydrogen (secondary N) is 1. The van der Waals surface area contributed by atoms with E-state index in [9.17, 15) is 9.59 Å². The number of rotatable bonds is 3. The summed E-state index contributed by atoms with van der Waals surface area (Å²) in [4.78, 5) is 29.6. The van der Waals surface area contributed by atoms with Crippen LogP contribution in [0.25, 0.3) is 0 Å². The summed E-state index contributed by atoms with van der Waals surface area (Å²) >= 11 is 2.99. The molecule has 138 valence electrons. The molecule has 0 aromatic carbocycles. The van der Waals surface area contributed by atoms with Gasteiger partial charge in [-0.25, -0.2) is 0 Å². The fourth-order valence-corrected chi connectivity index (χ4v) is 5.58. The maximum absolute atomic E-state index is 13.2. The van der Waals surface area contributed by atoms with E-state index in [1.54, 1.807) is 17.4 Å². The molecule has 0 spiro atoms. The van der Waals surface area contributed by atoms with Crippen LogP contribution in [0.1, 0.15) is 43.8 Å². The van der Waals surface area contributed by atoms with Crippen molar-refractivity contribution in [1.82, 2.24) is 4.90 Å². The molecular formula is C19H22N2O3S2. The SMILES string of the molecule is C[C@@H]1CCc2c(sc(NC(=O)c3cccs3)c2C(=O)N2CCOCC2)C1. The number of morpholine rings is 1. The molecule has 0 unspecified atom stereocenters. The average Bonchev–Trinajstić information content (AvgIpc) is 3.29. The van der Waals surface area contributed by atoms with Gasteiger partial charge in [0.1, 0.15) is 5.00 Å². The van der Waals surface area contributed by atoms with Gasteiger partial charge in [-0.3, -0.25) is 9.59 Å². The largest absolute Gasteiger partial charge is 0.378 e. The Balaban J connectivity index is 1.68. The minimum absolute atomic E-state index is 0.0295. The predicted molar refractivity (Wildman–Crippen MR) is 105 cm³/mol. The number of anilines is 1. The summed E-state index contributed by atoms with van der Waals surface area (Å²) in [6, 6.07) is 3.67. The average molecular weight is 391 g/mol. The van der Waals surface area contributed by atoms with Crippen molar-refractivity contribution in [2.45, 2.75) is 26.2 Å². The zero-order valence-electron chi connectivity index (χ0n) is 14.7. The van der Waals surface area contributed by atoms with E-state index in [0.717, 1.165) is 24.8 Å². The first kappa shape index (κ1) is 17.7. The standard InChI is InChI=1S/C19H22N2O3S2/c1-12-4-5-13-15(11-12)26-18(20-17(22)14-3-2-10-25-14)16(13)19(23)21-6-8-24-9-7-21/h2-3,10,12H,4-9,11H2,1H3,(H,20,22)/t12-/m1/s1. The highest BCUT2D eigenvalue weighted by Gasteiger charge is 2.31. The van der Waals surface area contributed by atoms with E-state index in [-0.39, 0.29) is 11.8 Å². The molecule has 4 rings (SSSR count). The van der Waals surface area contributed by atoms with Crippen LogP contribution in [0, 0.1) is 5.92 Å². The molecule has 5 nitrogen and oxygen atoms in total. The normalized spacial score (nSPS) is 19.9. The number of carbonyl (C=O) groups excluding carboxylic acids is 2. The number of thiophene rings is 2. The minimum Gasteiger partial charge on any atom is -0.378 e. The highest BCUT2D eigenvalue weighted by Crippen LogP contribution is 2.40. The Labute approximate surface area is 161 Å². The first-order chi connectivity index (χ1) is 12.6. The molecule has 2 aliphatic rings. The van der Waals surface area contributed by atoms with Crippen molar-refractivity contribution in [2.24, 2.45) is 5.92 Å². The lowest BCUT2D eigenvalue weighted by Crippen LogP contribution is -2.41. The summed E-state index contributed by atoms with van der Waals surface area (Å²) in [5.41, 5.74) is 1.86. The number of ether oxygens (including phenoxy) is 1. The smallest absolute Gasteiger partial charge is 0.266 e. The van der Waals surface area contributed by atoms with Crippen LogP contribution in [0.2, 0.25) is 0 Å². The quantitative estimate of drug-likeness (QED) is 0.870. The van der Waals surface area contributed by atoms with Crippen molar-refractivity contribution in [2.75, 3.05) is 31.6 Å². The Bertz CT molecular complexity index is 807. The van der Waals surface area contributed by atoms with Gasteiger partial charge in [-0.1, -0.05) is 13.0 Å². The second kappa shape index (κ2) is 7.50. The lowest BCUT2D eigenvalue weighted by atomic mass is 9.88. The Hall–Kier alpha value is -1.70. The van der Waals surface area contributed by atoms with Crippen LogP contribution in [0.15, 0.2) is 17.5 Å². The van der Waals surface area contributed by atoms with Gasteiger partial charge in [0.05, 0.1) is 23.7 Å². The zero-order chi connectivity index (χ0) is 18.1. The van der Waals surface area contributed by atoms with Crippen LogP contribution in [-0.4, -0.2) is 43.0 Å². The number of carbonyl (C=O) groups is 2. The molecule has 1 N–H and O–H groups in total. The fourth-order valence-electron chi connectivity index (χ4n) is 3.56. The number of nitrogens with zero attached hydrogens (tertiary/aromatic N) is 1. The summed E-state index contributed by atoms with van der Waals surface area (Å²) in [5, 5.41) is 5.61. The third-order valence-electron chi connectivity index (χ3n) is 5.00. The fraction of sp³-hybridized carbons (Fsp3) is 0.474. The van der Waals surface area contributed by atoms with Crippen LogP contribution in [0.3, 0.4) is 0 Å². The van der Waals surface area contributed by atoms with E-state index in [1.165, 1.54) is 16.2 Å². The Kier molecular flexibility index (Phi) is 5.11. The monoisotopic (exact) mass is 390 g/mol. The second-order valence-electron chi connectivity index (χ2n) is 6.89. The molecule has 0 radical (unpaired) electrons. The van der Waals surface area contributed by atoms with Gasteiger partial charge in [0.2, 0.25) is 0 Å². The van der Waals surface area contributed by atoms with Crippen molar-refractivity contribution in [3.8, 4) is 0 Å². The number of fused-ring (bicyclic) bond motifs is 1. The molecule has 1 saturated heterocycles. The van der Waals surface area contributed by atoms with Gasteiger partial charge in [-0.05, 0) is 42.2 Å². The van der Waals surface area contributed by atoms with Gasteiger partial charge >= 0.3 is 0 Å². The van der Waals surface area contributed by atoms with Crippen LogP contribution < -0.4 is 5.32 Å². The van der Waals surface area contributed by atoms with E-state index in [0.29, 0.717) is 47.7 Å². The highest BCUT2D eigenvalue weighted by atomic mass is 32.1. The second-order valence-corrected chi connectivity index (χ2v) is 8.94. The van der Waals surface area contributed by atoms with Crippen molar-refractivity contribution >= 4 is 39.5 Å². The van der Waals surface area contributed by atoms with E-state index >= 15 is 0 Å². The molecule has 7 heteroatoms. The van der Waals surface area contributed by atoms with Crippen LogP contribution in [0.4, 0.5) is 5.00 Å². The molecule has 1 aliphatic carbocycles. The lowest BCUT2D eigenvalue weighted by molar-refractivity contribution is 0.0303. The van der Waals surface area contributed by atoms with Crippen LogP contribution in [-0.2, 0) is 17.6 Å². The van der Waals surface area contributed by atoms with E-state index < -0.39 is 0 Å². The van der Waals surface area contributed by atoms with Crippen molar-refractivity contribution in [3.63, 3.8) is 0 Å². The van der Waals surface area contributed by atoms with Gasteiger partial charge in [0.25, 0.3) is 11.8 Å². The van der Waals surface area contributed by atoms with E-state index in [4.69, 9.17) is 4.74 Å². The first-order valence-corrected chi connectivity index (χ1v) is 10.7. The molecule has 2 amide bonds. The summed E-state index contributed by atoms with van der Waals surface area (Å²) < 4.78 is 5.38. The molecule has 0 saturated carbocycles. The van der Waals surface area contributed by atoms with Crippen molar-refractivity contribution in [3.05, 3.63) is 38.4 Å². The van der Waals surface area contributed by atoms with E-state index in [1.807, 2.05) is 16.3 Å². The van der Waals surface area contributed by atoms with Crippen LogP contribution >= 0.6 is 22.7 Å². The lowest BCUT2D eigenvalue weighted by Gasteiger charge is -2.28. The summed E-state index contributed by atoms with van der Waals surface area (Å²) in [5.74, 6) is 0.512. The molecule has 0 bridgehead atoms. The summed E-state index contributed by atoms with van der Waals surface area (Å²) in [7, 11) is 0. The van der Waals surface area contributed by atoms with Crippen LogP contribution in [0.5, 0.6) is 0 Å². The highest BCUT2D eigenvalue weighted by molar-refractivity contribution is 7.17. The minimum atomic E-state index is -0.136. The Morgan fingerprint density at radius 3 is 2.85 bits per heavy atom. The zero-order valence-corrected chi connectivity index (χ0v) is 16.4. The first-order valence-electron chi connectivity index (χ1n) is 9.00. The number of hydrogen-bond acceptors (Lipinski definition) is 5. The summed E-state index contributed by atoms with van der Waals surface area (Å²) in [6.45, 7) is 4.62. The van der Waals surface area contributed by atoms with E-state index in [2.05, 4.69) is 12.2 Å². The topological polar surface area (TPSA) is 58.6 Å². The Morgan fingerprint density at radius 2 is 2.12 bits per heavy atom. The third kappa shape index (κ3) is 3.43. The molecule has 3 heterocycles. The third-order valence-corrected chi connectivity index (χ3v) is 7.03.